The maximum Gasteiger partial charge on any atom is 0.143 e. The van der Waals surface area contributed by atoms with E-state index in [0.717, 1.165) is 61.4 Å². The standard InChI is InChI=1S/C29H38N6O3/c1-2-25-29(38-25)34-14-22(15-34)35-20-4-5-21(35)12-19(11-20)18-3-6-26-24(13-18)32-27-23(16-37-26)28(31-17-30-27)33-7-9-36-10-8-33/h3,6,13,17,19-22,25,29H,2,4-5,7-12,14-16H2,1H3,(H,30,31,32). The first kappa shape index (κ1) is 23.4. The van der Waals surface area contributed by atoms with Crippen LogP contribution in [0.25, 0.3) is 0 Å². The molecule has 38 heavy (non-hydrogen) atoms. The van der Waals surface area contributed by atoms with E-state index in [1.807, 2.05) is 0 Å². The van der Waals surface area contributed by atoms with Crippen molar-refractivity contribution in [1.29, 1.82) is 0 Å². The molecule has 2 bridgehead atoms. The fraction of sp³-hybridized carbons (Fsp3) is 0.655. The summed E-state index contributed by atoms with van der Waals surface area (Å²) in [6.45, 7) is 8.21. The molecule has 6 aliphatic heterocycles. The number of fused-ring (bicyclic) bond motifs is 4. The number of nitrogens with one attached hydrogen (secondary N) is 1. The second kappa shape index (κ2) is 9.33. The Balaban J connectivity index is 0.973. The van der Waals surface area contributed by atoms with Gasteiger partial charge in [0.2, 0.25) is 0 Å². The molecular formula is C29H38N6O3. The number of hydrogen-bond acceptors (Lipinski definition) is 9. The number of nitrogens with zero attached hydrogens (tertiary/aromatic N) is 5. The maximum absolute atomic E-state index is 6.30. The Morgan fingerprint density at radius 3 is 2.61 bits per heavy atom. The topological polar surface area (TPSA) is 78.5 Å². The third-order valence-corrected chi connectivity index (χ3v) is 9.75. The number of morpholine rings is 1. The fourth-order valence-electron chi connectivity index (χ4n) is 7.71. The molecule has 7 heterocycles. The number of epoxide rings is 1. The molecule has 9 nitrogen and oxygen atoms in total. The Labute approximate surface area is 224 Å². The summed E-state index contributed by atoms with van der Waals surface area (Å²) >= 11 is 0. The van der Waals surface area contributed by atoms with Crippen LogP contribution in [0.3, 0.4) is 0 Å². The van der Waals surface area contributed by atoms with Gasteiger partial charge in [0.1, 0.15) is 36.5 Å². The molecule has 8 rings (SSSR count). The maximum atomic E-state index is 6.30. The molecule has 9 heteroatoms. The first-order chi connectivity index (χ1) is 18.7. The summed E-state index contributed by atoms with van der Waals surface area (Å²) in [5.41, 5.74) is 3.47. The zero-order valence-corrected chi connectivity index (χ0v) is 22.2. The lowest BCUT2D eigenvalue weighted by molar-refractivity contribution is -0.0354. The van der Waals surface area contributed by atoms with Crippen molar-refractivity contribution in [2.24, 2.45) is 0 Å². The second-order valence-electron chi connectivity index (χ2n) is 11.9. The summed E-state index contributed by atoms with van der Waals surface area (Å²) in [4.78, 5) is 16.9. The van der Waals surface area contributed by atoms with Gasteiger partial charge < -0.3 is 24.4 Å². The van der Waals surface area contributed by atoms with Crippen molar-refractivity contribution in [2.45, 2.75) is 82.0 Å². The van der Waals surface area contributed by atoms with Crippen LogP contribution in [0, 0.1) is 0 Å². The van der Waals surface area contributed by atoms with Crippen LogP contribution in [0.1, 0.15) is 56.1 Å². The number of hydrogen-bond donors (Lipinski definition) is 1. The highest BCUT2D eigenvalue weighted by molar-refractivity contribution is 5.71. The minimum absolute atomic E-state index is 0.404. The number of ether oxygens (including phenoxy) is 3. The van der Waals surface area contributed by atoms with Gasteiger partial charge >= 0.3 is 0 Å². The van der Waals surface area contributed by atoms with Crippen LogP contribution < -0.4 is 15.0 Å². The number of rotatable bonds is 5. The van der Waals surface area contributed by atoms with E-state index in [4.69, 9.17) is 14.2 Å². The summed E-state index contributed by atoms with van der Waals surface area (Å²) in [5, 5.41) is 3.61. The van der Waals surface area contributed by atoms with E-state index in [-0.39, 0.29) is 0 Å². The molecule has 0 amide bonds. The lowest BCUT2D eigenvalue weighted by Crippen LogP contribution is -2.64. The Morgan fingerprint density at radius 2 is 1.84 bits per heavy atom. The van der Waals surface area contributed by atoms with E-state index < -0.39 is 0 Å². The minimum atomic E-state index is 0.404. The van der Waals surface area contributed by atoms with Crippen molar-refractivity contribution in [3.05, 3.63) is 35.7 Å². The van der Waals surface area contributed by atoms with Crippen molar-refractivity contribution in [3.63, 3.8) is 0 Å². The number of anilines is 3. The Kier molecular flexibility index (Phi) is 5.75. The normalized spacial score (nSPS) is 33.0. The SMILES string of the molecule is CCC1OC1N1CC(N2C3CCC2CC(c2ccc4c(c2)Nc2ncnc(N5CCOCC5)c2CO4)C3)C1. The van der Waals surface area contributed by atoms with E-state index in [9.17, 15) is 0 Å². The molecule has 1 N–H and O–H groups in total. The molecule has 1 aromatic carbocycles. The molecule has 1 aromatic heterocycles. The lowest BCUT2D eigenvalue weighted by atomic mass is 9.83. The van der Waals surface area contributed by atoms with Gasteiger partial charge in [0.05, 0.1) is 30.6 Å². The van der Waals surface area contributed by atoms with Crippen molar-refractivity contribution in [1.82, 2.24) is 19.8 Å². The van der Waals surface area contributed by atoms with E-state index in [2.05, 4.69) is 55.1 Å². The van der Waals surface area contributed by atoms with Gasteiger partial charge in [-0.25, -0.2) is 9.97 Å². The summed E-state index contributed by atoms with van der Waals surface area (Å²) in [7, 11) is 0. The van der Waals surface area contributed by atoms with Crippen LogP contribution in [-0.4, -0.2) is 89.6 Å². The van der Waals surface area contributed by atoms with Crippen LogP contribution in [0.15, 0.2) is 24.5 Å². The molecule has 0 radical (unpaired) electrons. The van der Waals surface area contributed by atoms with Crippen LogP contribution in [-0.2, 0) is 16.1 Å². The fourth-order valence-corrected chi connectivity index (χ4v) is 7.71. The zero-order chi connectivity index (χ0) is 25.2. The molecule has 0 saturated carbocycles. The van der Waals surface area contributed by atoms with Crippen LogP contribution in [0.2, 0.25) is 0 Å². The van der Waals surface area contributed by atoms with Crippen molar-refractivity contribution >= 4 is 17.3 Å². The Morgan fingerprint density at radius 1 is 1.03 bits per heavy atom. The van der Waals surface area contributed by atoms with Crippen molar-refractivity contribution in [2.75, 3.05) is 49.6 Å². The predicted molar refractivity (Wildman–Crippen MR) is 144 cm³/mol. The average molecular weight is 519 g/mol. The van der Waals surface area contributed by atoms with Gasteiger partial charge in [0.15, 0.2) is 0 Å². The molecule has 5 fully saturated rings. The number of benzene rings is 1. The highest BCUT2D eigenvalue weighted by Crippen LogP contribution is 2.47. The number of aromatic nitrogens is 2. The van der Waals surface area contributed by atoms with Gasteiger partial charge in [0, 0.05) is 44.3 Å². The van der Waals surface area contributed by atoms with E-state index in [1.54, 1.807) is 6.33 Å². The van der Waals surface area contributed by atoms with Crippen molar-refractivity contribution in [3.8, 4) is 5.75 Å². The summed E-state index contributed by atoms with van der Waals surface area (Å²) in [6, 6.07) is 8.91. The molecule has 4 atom stereocenters. The van der Waals surface area contributed by atoms with Crippen LogP contribution in [0.4, 0.5) is 17.3 Å². The summed E-state index contributed by atoms with van der Waals surface area (Å²) in [5.74, 6) is 3.30. The zero-order valence-electron chi connectivity index (χ0n) is 22.2. The van der Waals surface area contributed by atoms with E-state index in [0.29, 0.717) is 43.0 Å². The third-order valence-electron chi connectivity index (χ3n) is 9.75. The predicted octanol–water partition coefficient (Wildman–Crippen LogP) is 3.48. The molecule has 202 valence electrons. The largest absolute Gasteiger partial charge is 0.486 e. The lowest BCUT2D eigenvalue weighted by Gasteiger charge is -2.51. The molecule has 6 aliphatic rings. The summed E-state index contributed by atoms with van der Waals surface area (Å²) in [6.07, 6.45) is 8.88. The van der Waals surface area contributed by atoms with Gasteiger partial charge in [-0.15, -0.1) is 0 Å². The first-order valence-corrected chi connectivity index (χ1v) is 14.6. The number of piperidine rings is 1. The van der Waals surface area contributed by atoms with E-state index in [1.165, 1.54) is 44.3 Å². The van der Waals surface area contributed by atoms with Gasteiger partial charge in [0.25, 0.3) is 0 Å². The molecule has 0 spiro atoms. The quantitative estimate of drug-likeness (QED) is 0.599. The Hall–Kier alpha value is -2.46. The molecule has 2 aromatic rings. The average Bonchev–Trinajstić information content (AvgIpc) is 3.69. The van der Waals surface area contributed by atoms with Gasteiger partial charge in [-0.2, -0.15) is 0 Å². The summed E-state index contributed by atoms with van der Waals surface area (Å²) < 4.78 is 17.7. The highest BCUT2D eigenvalue weighted by Gasteiger charge is 2.52. The first-order valence-electron chi connectivity index (χ1n) is 14.6. The van der Waals surface area contributed by atoms with Crippen molar-refractivity contribution < 1.29 is 14.2 Å². The van der Waals surface area contributed by atoms with Gasteiger partial charge in [-0.3, -0.25) is 9.80 Å². The Bertz CT molecular complexity index is 1180. The third kappa shape index (κ3) is 3.97. The van der Waals surface area contributed by atoms with Crippen LogP contribution >= 0.6 is 0 Å². The smallest absolute Gasteiger partial charge is 0.143 e. The van der Waals surface area contributed by atoms with Gasteiger partial charge in [-0.05, 0) is 55.7 Å². The number of likely N-dealkylation sites (tertiary alicyclic amines) is 1. The molecule has 5 saturated heterocycles. The van der Waals surface area contributed by atoms with E-state index >= 15 is 0 Å². The molecule has 0 aliphatic carbocycles. The highest BCUT2D eigenvalue weighted by atomic mass is 16.6. The van der Waals surface area contributed by atoms with Crippen LogP contribution in [0.5, 0.6) is 5.75 Å². The molecular weight excluding hydrogens is 480 g/mol. The molecule has 4 unspecified atom stereocenters. The monoisotopic (exact) mass is 518 g/mol. The minimum Gasteiger partial charge on any atom is -0.486 e. The second-order valence-corrected chi connectivity index (χ2v) is 11.9. The van der Waals surface area contributed by atoms with Gasteiger partial charge in [-0.1, -0.05) is 13.0 Å².